The summed E-state index contributed by atoms with van der Waals surface area (Å²) < 4.78 is 10.9. The lowest BCUT2D eigenvalue weighted by Crippen LogP contribution is -2.45. The molecule has 1 aliphatic rings. The second kappa shape index (κ2) is 9.84. The van der Waals surface area contributed by atoms with Crippen LogP contribution < -0.4 is 0 Å². The SMILES string of the molecule is CCCCCCCCC1CC(OC)=CCN1C(=O)OC(C)(C)C. The second-order valence-electron chi connectivity index (χ2n) is 7.42. The van der Waals surface area contributed by atoms with Crippen LogP contribution in [0.5, 0.6) is 0 Å². The number of carbonyl (C=O) groups excluding carboxylic acids is 1. The molecule has 23 heavy (non-hydrogen) atoms. The number of methoxy groups -OCH3 is 1. The standard InChI is InChI=1S/C19H35NO3/c1-6-7-8-9-10-11-12-16-15-17(22-5)13-14-20(16)18(21)23-19(2,3)4/h13,16H,6-12,14-15H2,1-5H3. The fourth-order valence-electron chi connectivity index (χ4n) is 2.90. The number of hydrogen-bond donors (Lipinski definition) is 0. The molecule has 1 amide bonds. The Hall–Kier alpha value is -1.19. The van der Waals surface area contributed by atoms with Crippen LogP contribution in [0.25, 0.3) is 0 Å². The van der Waals surface area contributed by atoms with Gasteiger partial charge in [-0.05, 0) is 33.3 Å². The van der Waals surface area contributed by atoms with Gasteiger partial charge in [0.2, 0.25) is 0 Å². The van der Waals surface area contributed by atoms with Crippen LogP contribution in [0.15, 0.2) is 11.8 Å². The van der Waals surface area contributed by atoms with Crippen molar-refractivity contribution in [3.8, 4) is 0 Å². The summed E-state index contributed by atoms with van der Waals surface area (Å²) in [6, 6.07) is 0.191. The van der Waals surface area contributed by atoms with E-state index in [4.69, 9.17) is 9.47 Å². The average Bonchev–Trinajstić information content (AvgIpc) is 2.48. The first kappa shape index (κ1) is 19.9. The molecule has 1 atom stereocenters. The van der Waals surface area contributed by atoms with Crippen LogP contribution in [-0.2, 0) is 9.47 Å². The van der Waals surface area contributed by atoms with Gasteiger partial charge in [-0.25, -0.2) is 4.79 Å². The van der Waals surface area contributed by atoms with Gasteiger partial charge in [-0.3, -0.25) is 0 Å². The van der Waals surface area contributed by atoms with Gasteiger partial charge in [-0.15, -0.1) is 0 Å². The van der Waals surface area contributed by atoms with Gasteiger partial charge in [-0.2, -0.15) is 0 Å². The van der Waals surface area contributed by atoms with E-state index in [0.717, 1.165) is 25.0 Å². The first-order valence-electron chi connectivity index (χ1n) is 9.10. The highest BCUT2D eigenvalue weighted by Crippen LogP contribution is 2.25. The maximum atomic E-state index is 12.4. The van der Waals surface area contributed by atoms with Crippen LogP contribution >= 0.6 is 0 Å². The van der Waals surface area contributed by atoms with E-state index in [1.54, 1.807) is 7.11 Å². The van der Waals surface area contributed by atoms with Crippen molar-refractivity contribution in [2.24, 2.45) is 0 Å². The van der Waals surface area contributed by atoms with Crippen molar-refractivity contribution in [2.75, 3.05) is 13.7 Å². The van der Waals surface area contributed by atoms with Gasteiger partial charge >= 0.3 is 6.09 Å². The van der Waals surface area contributed by atoms with Crippen LogP contribution in [0.3, 0.4) is 0 Å². The van der Waals surface area contributed by atoms with E-state index in [1.165, 1.54) is 32.1 Å². The third-order valence-electron chi connectivity index (χ3n) is 4.17. The Balaban J connectivity index is 2.52. The molecule has 1 heterocycles. The van der Waals surface area contributed by atoms with Gasteiger partial charge in [0.1, 0.15) is 5.60 Å². The highest BCUT2D eigenvalue weighted by Gasteiger charge is 2.30. The third kappa shape index (κ3) is 7.76. The summed E-state index contributed by atoms with van der Waals surface area (Å²) in [5.41, 5.74) is -0.451. The maximum absolute atomic E-state index is 12.4. The van der Waals surface area contributed by atoms with Crippen molar-refractivity contribution < 1.29 is 14.3 Å². The largest absolute Gasteiger partial charge is 0.501 e. The van der Waals surface area contributed by atoms with E-state index in [2.05, 4.69) is 6.92 Å². The second-order valence-corrected chi connectivity index (χ2v) is 7.42. The molecule has 4 heteroatoms. The van der Waals surface area contributed by atoms with E-state index < -0.39 is 5.60 Å². The Bertz CT molecular complexity index is 385. The van der Waals surface area contributed by atoms with Gasteiger partial charge < -0.3 is 14.4 Å². The number of hydrogen-bond acceptors (Lipinski definition) is 3. The summed E-state index contributed by atoms with van der Waals surface area (Å²) in [5, 5.41) is 0. The van der Waals surface area contributed by atoms with E-state index in [0.29, 0.717) is 6.54 Å². The molecule has 1 aliphatic heterocycles. The molecular formula is C19H35NO3. The predicted molar refractivity (Wildman–Crippen MR) is 94.4 cm³/mol. The molecule has 1 unspecified atom stereocenters. The highest BCUT2D eigenvalue weighted by atomic mass is 16.6. The number of carbonyl (C=O) groups is 1. The molecule has 0 aliphatic carbocycles. The number of unbranched alkanes of at least 4 members (excludes halogenated alkanes) is 5. The predicted octanol–water partition coefficient (Wildman–Crippen LogP) is 5.28. The molecule has 1 rings (SSSR count). The zero-order valence-corrected chi connectivity index (χ0v) is 15.7. The van der Waals surface area contributed by atoms with Crippen molar-refractivity contribution >= 4 is 6.09 Å². The molecule has 0 bridgehead atoms. The monoisotopic (exact) mass is 325 g/mol. The van der Waals surface area contributed by atoms with Gasteiger partial charge in [0.15, 0.2) is 0 Å². The Labute approximate surface area is 142 Å². The first-order chi connectivity index (χ1) is 10.9. The summed E-state index contributed by atoms with van der Waals surface area (Å²) in [7, 11) is 1.71. The third-order valence-corrected chi connectivity index (χ3v) is 4.17. The smallest absolute Gasteiger partial charge is 0.410 e. The fourth-order valence-corrected chi connectivity index (χ4v) is 2.90. The summed E-state index contributed by atoms with van der Waals surface area (Å²) in [4.78, 5) is 14.3. The van der Waals surface area contributed by atoms with Crippen molar-refractivity contribution in [1.29, 1.82) is 0 Å². The number of rotatable bonds is 8. The van der Waals surface area contributed by atoms with Crippen molar-refractivity contribution in [3.63, 3.8) is 0 Å². The Morgan fingerprint density at radius 1 is 1.22 bits per heavy atom. The molecule has 0 N–H and O–H groups in total. The minimum atomic E-state index is -0.451. The Morgan fingerprint density at radius 2 is 1.87 bits per heavy atom. The molecule has 0 aromatic heterocycles. The molecule has 0 aromatic rings. The molecule has 0 saturated carbocycles. The minimum Gasteiger partial charge on any atom is -0.501 e. The lowest BCUT2D eigenvalue weighted by atomic mass is 9.99. The zero-order chi connectivity index (χ0) is 17.3. The molecule has 134 valence electrons. The Morgan fingerprint density at radius 3 is 2.48 bits per heavy atom. The van der Waals surface area contributed by atoms with E-state index >= 15 is 0 Å². The van der Waals surface area contributed by atoms with Crippen LogP contribution in [0, 0.1) is 0 Å². The maximum Gasteiger partial charge on any atom is 0.410 e. The van der Waals surface area contributed by atoms with Crippen molar-refractivity contribution in [2.45, 2.75) is 90.7 Å². The summed E-state index contributed by atoms with van der Waals surface area (Å²) in [5.74, 6) is 0.987. The quantitative estimate of drug-likeness (QED) is 0.570. The van der Waals surface area contributed by atoms with Gasteiger partial charge in [-0.1, -0.05) is 45.4 Å². The topological polar surface area (TPSA) is 38.8 Å². The first-order valence-corrected chi connectivity index (χ1v) is 9.10. The van der Waals surface area contributed by atoms with Crippen LogP contribution in [0.4, 0.5) is 4.79 Å². The normalized spacial score (nSPS) is 18.6. The van der Waals surface area contributed by atoms with E-state index in [-0.39, 0.29) is 12.1 Å². The van der Waals surface area contributed by atoms with E-state index in [9.17, 15) is 4.79 Å². The molecule has 4 nitrogen and oxygen atoms in total. The lowest BCUT2D eigenvalue weighted by Gasteiger charge is -2.36. The highest BCUT2D eigenvalue weighted by molar-refractivity contribution is 5.69. The zero-order valence-electron chi connectivity index (χ0n) is 15.7. The summed E-state index contributed by atoms with van der Waals surface area (Å²) >= 11 is 0. The lowest BCUT2D eigenvalue weighted by molar-refractivity contribution is 0.0141. The summed E-state index contributed by atoms with van der Waals surface area (Å²) in [6.45, 7) is 8.55. The van der Waals surface area contributed by atoms with E-state index in [1.807, 2.05) is 31.7 Å². The van der Waals surface area contributed by atoms with Crippen molar-refractivity contribution in [3.05, 3.63) is 11.8 Å². The molecule has 0 fully saturated rings. The Kier molecular flexibility index (Phi) is 8.49. The number of ether oxygens (including phenoxy) is 2. The van der Waals surface area contributed by atoms with Crippen LogP contribution in [-0.4, -0.2) is 36.3 Å². The van der Waals surface area contributed by atoms with Crippen molar-refractivity contribution in [1.82, 2.24) is 4.90 Å². The number of nitrogens with zero attached hydrogens (tertiary/aromatic N) is 1. The van der Waals surface area contributed by atoms with Gasteiger partial charge in [0.25, 0.3) is 0 Å². The summed E-state index contributed by atoms with van der Waals surface area (Å²) in [6.07, 6.45) is 11.2. The number of amides is 1. The molecule has 0 radical (unpaired) electrons. The molecule has 0 saturated heterocycles. The molecular weight excluding hydrogens is 290 g/mol. The minimum absolute atomic E-state index is 0.191. The van der Waals surface area contributed by atoms with Gasteiger partial charge in [0.05, 0.1) is 12.9 Å². The molecule has 0 spiro atoms. The van der Waals surface area contributed by atoms with Crippen LogP contribution in [0.2, 0.25) is 0 Å². The van der Waals surface area contributed by atoms with Crippen LogP contribution in [0.1, 0.15) is 79.1 Å². The van der Waals surface area contributed by atoms with Gasteiger partial charge in [0, 0.05) is 19.0 Å². The fraction of sp³-hybridized carbons (Fsp3) is 0.842. The average molecular weight is 325 g/mol. The molecule has 0 aromatic carbocycles.